The first kappa shape index (κ1) is 17.1. The van der Waals surface area contributed by atoms with E-state index in [1.807, 2.05) is 18.2 Å². The van der Waals surface area contributed by atoms with Crippen LogP contribution < -0.4 is 0 Å². The molecule has 1 aliphatic rings. The number of halogens is 2. The third-order valence-electron chi connectivity index (χ3n) is 4.98. The van der Waals surface area contributed by atoms with Crippen LogP contribution in [0.5, 0.6) is 0 Å². The van der Waals surface area contributed by atoms with Crippen molar-refractivity contribution in [2.24, 2.45) is 5.92 Å². The van der Waals surface area contributed by atoms with Crippen molar-refractivity contribution in [2.75, 3.05) is 14.1 Å². The largest absolute Gasteiger partial charge is 0.391 e. The van der Waals surface area contributed by atoms with Crippen molar-refractivity contribution in [2.45, 2.75) is 50.7 Å². The first-order chi connectivity index (χ1) is 9.86. The van der Waals surface area contributed by atoms with Crippen LogP contribution in [0.1, 0.15) is 38.2 Å². The highest BCUT2D eigenvalue weighted by atomic mass is 35.5. The summed E-state index contributed by atoms with van der Waals surface area (Å²) in [5.41, 5.74) is 0.674. The molecule has 118 valence electrons. The van der Waals surface area contributed by atoms with Crippen LogP contribution in [-0.2, 0) is 6.42 Å². The van der Waals surface area contributed by atoms with Gasteiger partial charge in [-0.2, -0.15) is 0 Å². The fraction of sp³-hybridized carbons (Fsp3) is 0.647. The fourth-order valence-corrected chi connectivity index (χ4v) is 4.23. The summed E-state index contributed by atoms with van der Waals surface area (Å²) in [7, 11) is 4.13. The van der Waals surface area contributed by atoms with E-state index in [0.717, 1.165) is 24.8 Å². The minimum absolute atomic E-state index is 0.180. The van der Waals surface area contributed by atoms with Gasteiger partial charge in [0.2, 0.25) is 0 Å². The molecule has 1 fully saturated rings. The molecule has 0 saturated heterocycles. The molecule has 1 saturated carbocycles. The van der Waals surface area contributed by atoms with Gasteiger partial charge < -0.3 is 10.0 Å². The van der Waals surface area contributed by atoms with Gasteiger partial charge in [0.15, 0.2) is 0 Å². The molecule has 2 rings (SSSR count). The van der Waals surface area contributed by atoms with Crippen LogP contribution in [0.4, 0.5) is 0 Å². The highest BCUT2D eigenvalue weighted by molar-refractivity contribution is 6.36. The van der Waals surface area contributed by atoms with Crippen LogP contribution in [0.3, 0.4) is 0 Å². The number of hydrogen-bond donors (Lipinski definition) is 1. The minimum Gasteiger partial charge on any atom is -0.391 e. The van der Waals surface area contributed by atoms with Crippen molar-refractivity contribution in [3.63, 3.8) is 0 Å². The van der Waals surface area contributed by atoms with Crippen LogP contribution >= 0.6 is 23.2 Å². The van der Waals surface area contributed by atoms with Gasteiger partial charge in [0.25, 0.3) is 0 Å². The molecule has 21 heavy (non-hydrogen) atoms. The number of aliphatic hydroxyl groups excluding tert-OH is 1. The van der Waals surface area contributed by atoms with Gasteiger partial charge in [0.1, 0.15) is 0 Å². The van der Waals surface area contributed by atoms with Crippen molar-refractivity contribution in [3.05, 3.63) is 33.8 Å². The molecule has 0 aromatic heterocycles. The Morgan fingerprint density at radius 3 is 2.48 bits per heavy atom. The van der Waals surface area contributed by atoms with Crippen molar-refractivity contribution in [1.29, 1.82) is 0 Å². The number of benzene rings is 1. The van der Waals surface area contributed by atoms with Gasteiger partial charge in [-0.3, -0.25) is 0 Å². The molecule has 0 bridgehead atoms. The average Bonchev–Trinajstić information content (AvgIpc) is 2.42. The number of likely N-dealkylation sites (N-methyl/N-ethyl adjacent to an activating group) is 1. The predicted molar refractivity (Wildman–Crippen MR) is 90.2 cm³/mol. The van der Waals surface area contributed by atoms with E-state index in [1.165, 1.54) is 6.42 Å². The van der Waals surface area contributed by atoms with Crippen LogP contribution in [-0.4, -0.2) is 35.7 Å². The lowest BCUT2D eigenvalue weighted by atomic mass is 9.71. The zero-order valence-electron chi connectivity index (χ0n) is 13.1. The quantitative estimate of drug-likeness (QED) is 0.884. The van der Waals surface area contributed by atoms with E-state index in [0.29, 0.717) is 22.4 Å². The third kappa shape index (κ3) is 3.56. The molecule has 3 unspecified atom stereocenters. The smallest absolute Gasteiger partial charge is 0.0765 e. The minimum atomic E-state index is -0.465. The average molecular weight is 330 g/mol. The Labute approximate surface area is 138 Å². The van der Waals surface area contributed by atoms with Crippen LogP contribution in [0, 0.1) is 5.92 Å². The summed E-state index contributed by atoms with van der Waals surface area (Å²) in [6.07, 6.45) is 4.48. The third-order valence-corrected chi connectivity index (χ3v) is 5.69. The molecule has 0 radical (unpaired) electrons. The second-order valence-corrected chi connectivity index (χ2v) is 7.43. The van der Waals surface area contributed by atoms with Crippen molar-refractivity contribution in [3.8, 4) is 0 Å². The molecular weight excluding hydrogens is 305 g/mol. The number of hydrogen-bond acceptors (Lipinski definition) is 2. The summed E-state index contributed by atoms with van der Waals surface area (Å²) in [5.74, 6) is 0.637. The molecule has 1 aliphatic carbocycles. The summed E-state index contributed by atoms with van der Waals surface area (Å²) >= 11 is 12.5. The zero-order valence-corrected chi connectivity index (χ0v) is 14.6. The van der Waals surface area contributed by atoms with E-state index in [-0.39, 0.29) is 5.54 Å². The molecule has 1 aromatic rings. The number of rotatable bonds is 4. The molecule has 1 aromatic carbocycles. The van der Waals surface area contributed by atoms with Gasteiger partial charge in [0.05, 0.1) is 6.10 Å². The monoisotopic (exact) mass is 329 g/mol. The Hall–Kier alpha value is -0.280. The van der Waals surface area contributed by atoms with Gasteiger partial charge in [-0.15, -0.1) is 0 Å². The lowest BCUT2D eigenvalue weighted by Crippen LogP contribution is -2.56. The predicted octanol–water partition coefficient (Wildman–Crippen LogP) is 4.41. The maximum absolute atomic E-state index is 11.0. The Balaban J connectivity index is 2.25. The Morgan fingerprint density at radius 2 is 1.95 bits per heavy atom. The van der Waals surface area contributed by atoms with Gasteiger partial charge in [-0.05, 0) is 50.6 Å². The molecule has 0 amide bonds. The summed E-state index contributed by atoms with van der Waals surface area (Å²) in [6, 6.07) is 5.51. The Bertz CT molecular complexity index is 471. The van der Waals surface area contributed by atoms with Gasteiger partial charge in [-0.25, -0.2) is 0 Å². The summed E-state index contributed by atoms with van der Waals surface area (Å²) < 4.78 is 0. The van der Waals surface area contributed by atoms with Gasteiger partial charge in [-0.1, -0.05) is 49.0 Å². The van der Waals surface area contributed by atoms with E-state index in [4.69, 9.17) is 23.2 Å². The van der Waals surface area contributed by atoms with E-state index in [1.54, 1.807) is 0 Å². The number of aliphatic hydroxyl groups is 1. The molecule has 2 nitrogen and oxygen atoms in total. The van der Waals surface area contributed by atoms with Crippen molar-refractivity contribution < 1.29 is 5.11 Å². The number of nitrogens with zero attached hydrogens (tertiary/aromatic N) is 1. The summed E-state index contributed by atoms with van der Waals surface area (Å²) in [6.45, 7) is 2.27. The lowest BCUT2D eigenvalue weighted by Gasteiger charge is -2.48. The van der Waals surface area contributed by atoms with Crippen molar-refractivity contribution in [1.82, 2.24) is 4.90 Å². The topological polar surface area (TPSA) is 23.5 Å². The molecular formula is C17H25Cl2NO. The maximum Gasteiger partial charge on any atom is 0.0765 e. The molecule has 3 atom stereocenters. The Morgan fingerprint density at radius 1 is 1.33 bits per heavy atom. The first-order valence-electron chi connectivity index (χ1n) is 7.65. The van der Waals surface area contributed by atoms with E-state index in [9.17, 15) is 5.11 Å². The van der Waals surface area contributed by atoms with E-state index >= 15 is 0 Å². The lowest BCUT2D eigenvalue weighted by molar-refractivity contribution is -0.0424. The van der Waals surface area contributed by atoms with Crippen molar-refractivity contribution >= 4 is 23.2 Å². The fourth-order valence-electron chi connectivity index (χ4n) is 3.68. The van der Waals surface area contributed by atoms with Crippen LogP contribution in [0.2, 0.25) is 10.0 Å². The van der Waals surface area contributed by atoms with Crippen LogP contribution in [0.15, 0.2) is 18.2 Å². The van der Waals surface area contributed by atoms with Crippen LogP contribution in [0.25, 0.3) is 0 Å². The molecule has 1 N–H and O–H groups in total. The summed E-state index contributed by atoms with van der Waals surface area (Å²) in [5, 5.41) is 12.2. The van der Waals surface area contributed by atoms with E-state index in [2.05, 4.69) is 25.9 Å². The maximum atomic E-state index is 11.0. The van der Waals surface area contributed by atoms with E-state index < -0.39 is 6.10 Å². The van der Waals surface area contributed by atoms with Gasteiger partial charge >= 0.3 is 0 Å². The SMILES string of the molecule is CC1CCCC(C(O)Cc2c(Cl)cccc2Cl)(N(C)C)C1. The molecule has 0 aliphatic heterocycles. The second kappa shape index (κ2) is 6.87. The Kier molecular flexibility index (Phi) is 5.59. The molecule has 0 spiro atoms. The van der Waals surface area contributed by atoms with Gasteiger partial charge in [0, 0.05) is 22.0 Å². The highest BCUT2D eigenvalue weighted by Gasteiger charge is 2.43. The molecule has 0 heterocycles. The zero-order chi connectivity index (χ0) is 15.6. The molecule has 4 heteroatoms. The highest BCUT2D eigenvalue weighted by Crippen LogP contribution is 2.40. The summed E-state index contributed by atoms with van der Waals surface area (Å²) in [4.78, 5) is 2.19. The standard InChI is InChI=1S/C17H25Cl2NO/c1-12-6-5-9-17(11-12,20(2)3)16(21)10-13-14(18)7-4-8-15(13)19/h4,7-8,12,16,21H,5-6,9-11H2,1-3H3. The second-order valence-electron chi connectivity index (χ2n) is 6.62. The first-order valence-corrected chi connectivity index (χ1v) is 8.41. The normalized spacial score (nSPS) is 27.9.